The molecule has 1 aromatic rings. The van der Waals surface area contributed by atoms with Gasteiger partial charge in [-0.1, -0.05) is 0 Å². The van der Waals surface area contributed by atoms with E-state index in [0.717, 1.165) is 31.7 Å². The first-order valence-corrected chi connectivity index (χ1v) is 6.87. The molecule has 0 saturated carbocycles. The number of aromatic nitrogens is 1. The monoisotopic (exact) mass is 279 g/mol. The van der Waals surface area contributed by atoms with E-state index in [1.807, 2.05) is 0 Å². The van der Waals surface area contributed by atoms with E-state index in [-0.39, 0.29) is 12.0 Å². The van der Waals surface area contributed by atoms with Crippen molar-refractivity contribution in [1.29, 1.82) is 0 Å². The molecule has 20 heavy (non-hydrogen) atoms. The third-order valence-corrected chi connectivity index (χ3v) is 3.15. The number of hydrogen-bond acceptors (Lipinski definition) is 5. The number of anilines is 1. The number of hydrogen-bond donors (Lipinski definition) is 2. The van der Waals surface area contributed by atoms with Gasteiger partial charge in [-0.05, 0) is 18.9 Å². The van der Waals surface area contributed by atoms with Crippen molar-refractivity contribution in [1.82, 2.24) is 10.3 Å². The Bertz CT molecular complexity index is 433. The SMILES string of the molecule is COCCNC(=O)c1cncc(NCC2CCCO2)c1. The summed E-state index contributed by atoms with van der Waals surface area (Å²) in [5.41, 5.74) is 1.37. The van der Waals surface area contributed by atoms with Crippen molar-refractivity contribution in [3.05, 3.63) is 24.0 Å². The summed E-state index contributed by atoms with van der Waals surface area (Å²) in [6, 6.07) is 1.80. The lowest BCUT2D eigenvalue weighted by molar-refractivity contribution is 0.0937. The summed E-state index contributed by atoms with van der Waals surface area (Å²) in [6.07, 6.45) is 5.72. The maximum Gasteiger partial charge on any atom is 0.253 e. The molecule has 1 amide bonds. The molecule has 1 atom stereocenters. The third-order valence-electron chi connectivity index (χ3n) is 3.15. The molecule has 1 fully saturated rings. The fourth-order valence-electron chi connectivity index (χ4n) is 2.07. The number of methoxy groups -OCH3 is 1. The van der Waals surface area contributed by atoms with Crippen molar-refractivity contribution in [2.45, 2.75) is 18.9 Å². The lowest BCUT2D eigenvalue weighted by Gasteiger charge is -2.12. The van der Waals surface area contributed by atoms with Crippen LogP contribution in [-0.4, -0.2) is 50.4 Å². The van der Waals surface area contributed by atoms with Crippen molar-refractivity contribution < 1.29 is 14.3 Å². The smallest absolute Gasteiger partial charge is 0.253 e. The zero-order valence-electron chi connectivity index (χ0n) is 11.7. The lowest BCUT2D eigenvalue weighted by atomic mass is 10.2. The molecule has 2 rings (SSSR count). The van der Waals surface area contributed by atoms with Crippen molar-refractivity contribution >= 4 is 11.6 Å². The molecule has 1 aliphatic heterocycles. The normalized spacial score (nSPS) is 17.9. The van der Waals surface area contributed by atoms with E-state index < -0.39 is 0 Å². The van der Waals surface area contributed by atoms with E-state index >= 15 is 0 Å². The molecule has 110 valence electrons. The minimum atomic E-state index is -0.143. The van der Waals surface area contributed by atoms with Gasteiger partial charge in [-0.15, -0.1) is 0 Å². The Hall–Kier alpha value is -1.66. The summed E-state index contributed by atoms with van der Waals surface area (Å²) in [6.45, 7) is 2.57. The first-order valence-electron chi connectivity index (χ1n) is 6.87. The average Bonchev–Trinajstić information content (AvgIpc) is 2.99. The third kappa shape index (κ3) is 4.47. The van der Waals surface area contributed by atoms with Crippen LogP contribution in [0.4, 0.5) is 5.69 Å². The molecule has 0 bridgehead atoms. The van der Waals surface area contributed by atoms with Gasteiger partial charge in [-0.2, -0.15) is 0 Å². The predicted molar refractivity (Wildman–Crippen MR) is 75.9 cm³/mol. The van der Waals surface area contributed by atoms with Crippen LogP contribution in [0, 0.1) is 0 Å². The number of carbonyl (C=O) groups is 1. The summed E-state index contributed by atoms with van der Waals surface area (Å²) in [7, 11) is 1.60. The van der Waals surface area contributed by atoms with Crippen molar-refractivity contribution in [2.75, 3.05) is 38.7 Å². The zero-order valence-corrected chi connectivity index (χ0v) is 11.7. The molecule has 2 heterocycles. The molecule has 0 aliphatic carbocycles. The largest absolute Gasteiger partial charge is 0.383 e. The van der Waals surface area contributed by atoms with Gasteiger partial charge in [0.05, 0.1) is 24.0 Å². The van der Waals surface area contributed by atoms with Crippen molar-refractivity contribution in [3.8, 4) is 0 Å². The minimum absolute atomic E-state index is 0.143. The second kappa shape index (κ2) is 7.81. The minimum Gasteiger partial charge on any atom is -0.383 e. The van der Waals surface area contributed by atoms with Gasteiger partial charge in [0.15, 0.2) is 0 Å². The van der Waals surface area contributed by atoms with Crippen LogP contribution in [0.1, 0.15) is 23.2 Å². The second-order valence-corrected chi connectivity index (χ2v) is 4.73. The number of nitrogens with zero attached hydrogens (tertiary/aromatic N) is 1. The summed E-state index contributed by atoms with van der Waals surface area (Å²) in [4.78, 5) is 16.0. The van der Waals surface area contributed by atoms with Crippen LogP contribution in [0.25, 0.3) is 0 Å². The molecule has 6 heteroatoms. The molecule has 0 radical (unpaired) electrons. The van der Waals surface area contributed by atoms with Gasteiger partial charge in [-0.3, -0.25) is 9.78 Å². The van der Waals surface area contributed by atoms with Gasteiger partial charge >= 0.3 is 0 Å². The first-order chi connectivity index (χ1) is 9.79. The van der Waals surface area contributed by atoms with E-state index in [4.69, 9.17) is 9.47 Å². The fourth-order valence-corrected chi connectivity index (χ4v) is 2.07. The highest BCUT2D eigenvalue weighted by molar-refractivity contribution is 5.94. The van der Waals surface area contributed by atoms with Crippen LogP contribution in [0.15, 0.2) is 18.5 Å². The van der Waals surface area contributed by atoms with Gasteiger partial charge < -0.3 is 20.1 Å². The van der Waals surface area contributed by atoms with Crippen LogP contribution >= 0.6 is 0 Å². The molecule has 0 spiro atoms. The highest BCUT2D eigenvalue weighted by atomic mass is 16.5. The Kier molecular flexibility index (Phi) is 5.76. The fraction of sp³-hybridized carbons (Fsp3) is 0.571. The van der Waals surface area contributed by atoms with Crippen molar-refractivity contribution in [3.63, 3.8) is 0 Å². The Balaban J connectivity index is 1.84. The maximum atomic E-state index is 11.9. The molecule has 2 N–H and O–H groups in total. The van der Waals surface area contributed by atoms with Crippen LogP contribution in [0.5, 0.6) is 0 Å². The predicted octanol–water partition coefficient (Wildman–Crippen LogP) is 1.05. The number of nitrogens with one attached hydrogen (secondary N) is 2. The van der Waals surface area contributed by atoms with E-state index in [1.54, 1.807) is 25.6 Å². The van der Waals surface area contributed by atoms with E-state index in [2.05, 4.69) is 15.6 Å². The van der Waals surface area contributed by atoms with E-state index in [0.29, 0.717) is 18.7 Å². The summed E-state index contributed by atoms with van der Waals surface area (Å²) in [5.74, 6) is -0.143. The number of ether oxygens (including phenoxy) is 2. The highest BCUT2D eigenvalue weighted by Crippen LogP contribution is 2.14. The molecule has 1 saturated heterocycles. The van der Waals surface area contributed by atoms with Gasteiger partial charge in [0.25, 0.3) is 5.91 Å². The molecular formula is C14H21N3O3. The van der Waals surface area contributed by atoms with Crippen LogP contribution < -0.4 is 10.6 Å². The quantitative estimate of drug-likeness (QED) is 0.730. The maximum absolute atomic E-state index is 11.9. The lowest BCUT2D eigenvalue weighted by Crippen LogP contribution is -2.27. The van der Waals surface area contributed by atoms with Gasteiger partial charge in [0.1, 0.15) is 0 Å². The highest BCUT2D eigenvalue weighted by Gasteiger charge is 2.15. The van der Waals surface area contributed by atoms with Gasteiger partial charge in [0.2, 0.25) is 0 Å². The van der Waals surface area contributed by atoms with Crippen LogP contribution in [0.3, 0.4) is 0 Å². The zero-order chi connectivity index (χ0) is 14.2. The van der Waals surface area contributed by atoms with Gasteiger partial charge in [0, 0.05) is 39.2 Å². The average molecular weight is 279 g/mol. The Morgan fingerprint density at radius 1 is 1.55 bits per heavy atom. The standard InChI is InChI=1S/C14H21N3O3/c1-19-6-4-16-14(18)11-7-12(9-15-8-11)17-10-13-3-2-5-20-13/h7-9,13,17H,2-6,10H2,1H3,(H,16,18). The van der Waals surface area contributed by atoms with E-state index in [9.17, 15) is 4.79 Å². The number of rotatable bonds is 7. The van der Waals surface area contributed by atoms with Crippen LogP contribution in [0.2, 0.25) is 0 Å². The Morgan fingerprint density at radius 3 is 3.20 bits per heavy atom. The molecule has 1 aliphatic rings. The summed E-state index contributed by atoms with van der Waals surface area (Å²) in [5, 5.41) is 6.02. The van der Waals surface area contributed by atoms with E-state index in [1.165, 1.54) is 0 Å². The molecule has 6 nitrogen and oxygen atoms in total. The molecular weight excluding hydrogens is 258 g/mol. The van der Waals surface area contributed by atoms with Crippen molar-refractivity contribution in [2.24, 2.45) is 0 Å². The number of pyridine rings is 1. The first kappa shape index (κ1) is 14.7. The Labute approximate surface area is 118 Å². The molecule has 1 unspecified atom stereocenters. The number of amides is 1. The number of carbonyl (C=O) groups excluding carboxylic acids is 1. The van der Waals surface area contributed by atoms with Gasteiger partial charge in [-0.25, -0.2) is 0 Å². The van der Waals surface area contributed by atoms with Crippen LogP contribution in [-0.2, 0) is 9.47 Å². The molecule has 0 aromatic carbocycles. The summed E-state index contributed by atoms with van der Waals surface area (Å²) < 4.78 is 10.4. The molecule has 1 aromatic heterocycles. The Morgan fingerprint density at radius 2 is 2.45 bits per heavy atom. The topological polar surface area (TPSA) is 72.5 Å². The second-order valence-electron chi connectivity index (χ2n) is 4.73. The summed E-state index contributed by atoms with van der Waals surface area (Å²) >= 11 is 0.